The number of carbonyl (C=O) groups excluding carboxylic acids is 2. The zero-order chi connectivity index (χ0) is 22.0. The van der Waals surface area contributed by atoms with E-state index < -0.39 is 0 Å². The van der Waals surface area contributed by atoms with Gasteiger partial charge in [-0.15, -0.1) is 11.3 Å². The van der Waals surface area contributed by atoms with Crippen molar-refractivity contribution >= 4 is 57.8 Å². The van der Waals surface area contributed by atoms with Gasteiger partial charge in [0.15, 0.2) is 5.84 Å². The number of nitrogens with zero attached hydrogens (tertiary/aromatic N) is 3. The number of amides is 2. The summed E-state index contributed by atoms with van der Waals surface area (Å²) >= 11 is 13.3. The van der Waals surface area contributed by atoms with E-state index in [4.69, 9.17) is 23.2 Å². The lowest BCUT2D eigenvalue weighted by Crippen LogP contribution is -2.57. The molecule has 0 spiro atoms. The highest BCUT2D eigenvalue weighted by Gasteiger charge is 2.32. The molecule has 9 heteroatoms. The SMILES string of the molecule is CC1CN(C(=O)C2=NCCC(c3cccc(Cl)c3)=CN2)CCN1C(=O)c1ccc(Cl)s1. The Kier molecular flexibility index (Phi) is 6.65. The largest absolute Gasteiger partial charge is 0.342 e. The molecule has 1 N–H and O–H groups in total. The number of piperazine rings is 1. The fourth-order valence-corrected chi connectivity index (χ4v) is 4.96. The van der Waals surface area contributed by atoms with Gasteiger partial charge in [-0.25, -0.2) is 0 Å². The second-order valence-electron chi connectivity index (χ2n) is 7.51. The maximum absolute atomic E-state index is 13.1. The first-order valence-electron chi connectivity index (χ1n) is 10.0. The Hall–Kier alpha value is -2.35. The molecule has 2 aromatic rings. The standard InChI is InChI=1S/C22H22Cl2N4O2S/c1-14-13-27(9-10-28(14)21(29)18-5-6-19(24)31-18)22(30)20-25-8-7-16(12-26-20)15-3-2-4-17(23)11-15/h2-6,11-12,14H,7-10,13H2,1H3,(H,25,26). The molecule has 31 heavy (non-hydrogen) atoms. The number of benzene rings is 1. The molecular formula is C22H22Cl2N4O2S. The summed E-state index contributed by atoms with van der Waals surface area (Å²) in [4.78, 5) is 34.4. The van der Waals surface area contributed by atoms with Gasteiger partial charge in [-0.2, -0.15) is 0 Å². The molecule has 162 valence electrons. The molecule has 1 aromatic heterocycles. The van der Waals surface area contributed by atoms with Crippen molar-refractivity contribution in [2.45, 2.75) is 19.4 Å². The summed E-state index contributed by atoms with van der Waals surface area (Å²) in [7, 11) is 0. The molecule has 0 aliphatic carbocycles. The lowest BCUT2D eigenvalue weighted by molar-refractivity contribution is -0.126. The maximum atomic E-state index is 13.1. The second kappa shape index (κ2) is 9.42. The van der Waals surface area contributed by atoms with E-state index in [9.17, 15) is 9.59 Å². The van der Waals surface area contributed by atoms with Crippen LogP contribution < -0.4 is 5.32 Å². The van der Waals surface area contributed by atoms with Gasteiger partial charge in [-0.05, 0) is 48.7 Å². The van der Waals surface area contributed by atoms with E-state index >= 15 is 0 Å². The van der Waals surface area contributed by atoms with Crippen LogP contribution in [0.2, 0.25) is 9.36 Å². The van der Waals surface area contributed by atoms with Crippen LogP contribution in [-0.4, -0.2) is 59.7 Å². The Morgan fingerprint density at radius 2 is 2.00 bits per heavy atom. The number of halogens is 2. The zero-order valence-electron chi connectivity index (χ0n) is 17.0. The summed E-state index contributed by atoms with van der Waals surface area (Å²) < 4.78 is 0.590. The van der Waals surface area contributed by atoms with Crippen molar-refractivity contribution in [1.29, 1.82) is 0 Å². The molecule has 1 saturated heterocycles. The van der Waals surface area contributed by atoms with E-state index in [0.717, 1.165) is 11.1 Å². The minimum atomic E-state index is -0.151. The number of thiophene rings is 1. The summed E-state index contributed by atoms with van der Waals surface area (Å²) in [6.45, 7) is 3.85. The van der Waals surface area contributed by atoms with Gasteiger partial charge in [-0.1, -0.05) is 35.3 Å². The molecule has 1 aromatic carbocycles. The monoisotopic (exact) mass is 476 g/mol. The van der Waals surface area contributed by atoms with Gasteiger partial charge in [0.2, 0.25) is 0 Å². The molecule has 2 amide bonds. The van der Waals surface area contributed by atoms with Crippen LogP contribution in [0.25, 0.3) is 5.57 Å². The Morgan fingerprint density at radius 3 is 2.71 bits per heavy atom. The summed E-state index contributed by atoms with van der Waals surface area (Å²) in [6, 6.07) is 11.0. The van der Waals surface area contributed by atoms with Gasteiger partial charge in [0.1, 0.15) is 0 Å². The molecule has 3 heterocycles. The van der Waals surface area contributed by atoms with Gasteiger partial charge in [0, 0.05) is 43.4 Å². The van der Waals surface area contributed by atoms with Gasteiger partial charge in [0.05, 0.1) is 9.21 Å². The number of rotatable bonds is 3. The zero-order valence-corrected chi connectivity index (χ0v) is 19.3. The number of hydrogen-bond donors (Lipinski definition) is 1. The summed E-state index contributed by atoms with van der Waals surface area (Å²) in [5.74, 6) is 0.131. The van der Waals surface area contributed by atoms with E-state index in [1.165, 1.54) is 11.3 Å². The highest BCUT2D eigenvalue weighted by atomic mass is 35.5. The third-order valence-corrected chi connectivity index (χ3v) is 6.85. The van der Waals surface area contributed by atoms with E-state index in [0.29, 0.717) is 52.7 Å². The lowest BCUT2D eigenvalue weighted by Gasteiger charge is -2.39. The molecule has 0 bridgehead atoms. The molecule has 1 fully saturated rings. The average Bonchev–Trinajstić information content (AvgIpc) is 3.04. The van der Waals surface area contributed by atoms with Crippen LogP contribution in [0.3, 0.4) is 0 Å². The Bertz CT molecular complexity index is 1070. The minimum Gasteiger partial charge on any atom is -0.342 e. The molecular weight excluding hydrogens is 455 g/mol. The quantitative estimate of drug-likeness (QED) is 0.722. The molecule has 0 radical (unpaired) electrons. The van der Waals surface area contributed by atoms with E-state index in [2.05, 4.69) is 10.3 Å². The van der Waals surface area contributed by atoms with Crippen molar-refractivity contribution in [2.24, 2.45) is 4.99 Å². The van der Waals surface area contributed by atoms with Gasteiger partial charge in [0.25, 0.3) is 11.8 Å². The first-order valence-corrected chi connectivity index (χ1v) is 11.6. The number of carbonyl (C=O) groups is 2. The fourth-order valence-electron chi connectivity index (χ4n) is 3.77. The average molecular weight is 477 g/mol. The third kappa shape index (κ3) is 4.95. The van der Waals surface area contributed by atoms with E-state index in [1.54, 1.807) is 21.9 Å². The topological polar surface area (TPSA) is 65.0 Å². The first-order chi connectivity index (χ1) is 14.9. The Labute approximate surface area is 195 Å². The van der Waals surface area contributed by atoms with Gasteiger partial charge >= 0.3 is 0 Å². The number of aliphatic imine (C=N–C) groups is 1. The summed E-state index contributed by atoms with van der Waals surface area (Å²) in [5, 5.41) is 3.76. The van der Waals surface area contributed by atoms with Crippen LogP contribution in [0.4, 0.5) is 0 Å². The molecule has 4 rings (SSSR count). The molecule has 0 saturated carbocycles. The van der Waals surface area contributed by atoms with Crippen molar-refractivity contribution in [3.8, 4) is 0 Å². The van der Waals surface area contributed by atoms with E-state index in [-0.39, 0.29) is 17.9 Å². The lowest BCUT2D eigenvalue weighted by atomic mass is 10.0. The van der Waals surface area contributed by atoms with Crippen LogP contribution in [0.5, 0.6) is 0 Å². The summed E-state index contributed by atoms with van der Waals surface area (Å²) in [6.07, 6.45) is 2.55. The van der Waals surface area contributed by atoms with Crippen LogP contribution in [-0.2, 0) is 4.79 Å². The van der Waals surface area contributed by atoms with Crippen molar-refractivity contribution in [3.05, 3.63) is 62.4 Å². The van der Waals surface area contributed by atoms with Crippen molar-refractivity contribution < 1.29 is 9.59 Å². The molecule has 1 unspecified atom stereocenters. The number of amidine groups is 1. The van der Waals surface area contributed by atoms with Crippen molar-refractivity contribution in [1.82, 2.24) is 15.1 Å². The highest BCUT2D eigenvalue weighted by molar-refractivity contribution is 7.17. The molecule has 2 aliphatic heterocycles. The highest BCUT2D eigenvalue weighted by Crippen LogP contribution is 2.25. The smallest absolute Gasteiger partial charge is 0.289 e. The van der Waals surface area contributed by atoms with Crippen LogP contribution in [0, 0.1) is 0 Å². The van der Waals surface area contributed by atoms with Crippen molar-refractivity contribution in [3.63, 3.8) is 0 Å². The number of hydrogen-bond acceptors (Lipinski definition) is 5. The molecule has 2 aliphatic rings. The number of nitrogens with one attached hydrogen (secondary N) is 1. The maximum Gasteiger partial charge on any atom is 0.289 e. The molecule has 6 nitrogen and oxygen atoms in total. The molecule has 1 atom stereocenters. The van der Waals surface area contributed by atoms with Gasteiger partial charge in [-0.3, -0.25) is 14.6 Å². The normalized spacial score (nSPS) is 19.3. The van der Waals surface area contributed by atoms with Crippen molar-refractivity contribution in [2.75, 3.05) is 26.2 Å². The van der Waals surface area contributed by atoms with Gasteiger partial charge < -0.3 is 15.1 Å². The Balaban J connectivity index is 1.40. The fraction of sp³-hybridized carbons (Fsp3) is 0.318. The summed E-state index contributed by atoms with van der Waals surface area (Å²) in [5.41, 5.74) is 2.06. The third-order valence-electron chi connectivity index (χ3n) is 5.39. The predicted octanol–water partition coefficient (Wildman–Crippen LogP) is 4.16. The van der Waals surface area contributed by atoms with Crippen LogP contribution in [0.15, 0.2) is 47.6 Å². The predicted molar refractivity (Wildman–Crippen MR) is 126 cm³/mol. The van der Waals surface area contributed by atoms with Crippen LogP contribution >= 0.6 is 34.5 Å². The van der Waals surface area contributed by atoms with Crippen LogP contribution in [0.1, 0.15) is 28.6 Å². The van der Waals surface area contributed by atoms with E-state index in [1.807, 2.05) is 37.4 Å². The second-order valence-corrected chi connectivity index (χ2v) is 9.66. The minimum absolute atomic E-state index is 0.0458. The first kappa shape index (κ1) is 21.9. The Morgan fingerprint density at radius 1 is 1.16 bits per heavy atom.